The minimum atomic E-state index is 0.992. The Kier molecular flexibility index (Phi) is 8.65. The van der Waals surface area contributed by atoms with Crippen LogP contribution in [0.4, 0.5) is 0 Å². The summed E-state index contributed by atoms with van der Waals surface area (Å²) in [6.07, 6.45) is 16.4. The van der Waals surface area contributed by atoms with Crippen molar-refractivity contribution >= 4 is 0 Å². The average molecular weight is 328 g/mol. The third-order valence-electron chi connectivity index (χ3n) is 4.79. The zero-order valence-corrected chi connectivity index (χ0v) is 15.7. The van der Waals surface area contributed by atoms with E-state index in [0.29, 0.717) is 0 Å². The Labute approximate surface area is 148 Å². The van der Waals surface area contributed by atoms with Gasteiger partial charge >= 0.3 is 0 Å². The molecule has 0 aliphatic carbocycles. The second kappa shape index (κ2) is 11.1. The summed E-state index contributed by atoms with van der Waals surface area (Å²) in [4.78, 5) is 0. The quantitative estimate of drug-likeness (QED) is 0.358. The first-order valence-corrected chi connectivity index (χ1v) is 9.96. The molecule has 0 radical (unpaired) electrons. The summed E-state index contributed by atoms with van der Waals surface area (Å²) in [6.45, 7) is 6.72. The molecule has 2 heteroatoms. The zero-order valence-electron chi connectivity index (χ0n) is 15.7. The standard InChI is InChI=1S/C22H35N2/c1-3-5-7-8-12-16-22-23(17-13-6-4-2)18-19-24(22)20-21-14-10-9-11-15-21/h9-11,14-15,18-19H,3-8,12-13,16-17,20H2,1-2H3/q+1. The molecule has 0 spiro atoms. The predicted octanol–water partition coefficient (Wildman–Crippen LogP) is 5.53. The van der Waals surface area contributed by atoms with Crippen molar-refractivity contribution in [2.24, 2.45) is 0 Å². The molecule has 0 aliphatic rings. The van der Waals surface area contributed by atoms with Gasteiger partial charge in [0.2, 0.25) is 0 Å². The Hall–Kier alpha value is -1.57. The van der Waals surface area contributed by atoms with Crippen LogP contribution in [0, 0.1) is 0 Å². The summed E-state index contributed by atoms with van der Waals surface area (Å²) in [7, 11) is 0. The summed E-state index contributed by atoms with van der Waals surface area (Å²) in [5.74, 6) is 1.51. The van der Waals surface area contributed by atoms with Crippen molar-refractivity contribution in [3.05, 3.63) is 54.1 Å². The van der Waals surface area contributed by atoms with Gasteiger partial charge in [0.15, 0.2) is 0 Å². The molecule has 2 nitrogen and oxygen atoms in total. The molecule has 1 heterocycles. The fraction of sp³-hybridized carbons (Fsp3) is 0.591. The van der Waals surface area contributed by atoms with Crippen molar-refractivity contribution in [3.8, 4) is 0 Å². The number of hydrogen-bond donors (Lipinski definition) is 0. The maximum atomic E-state index is 2.50. The second-order valence-electron chi connectivity index (χ2n) is 6.89. The molecule has 24 heavy (non-hydrogen) atoms. The largest absolute Gasteiger partial charge is 0.256 e. The van der Waals surface area contributed by atoms with E-state index in [1.54, 1.807) is 0 Å². The summed E-state index contributed by atoms with van der Waals surface area (Å²) in [5.41, 5.74) is 1.39. The average Bonchev–Trinajstić information content (AvgIpc) is 2.98. The fourth-order valence-electron chi connectivity index (χ4n) is 3.33. The molecule has 0 aliphatic heterocycles. The van der Waals surface area contributed by atoms with Crippen molar-refractivity contribution in [1.29, 1.82) is 0 Å². The minimum Gasteiger partial charge on any atom is -0.234 e. The number of hydrogen-bond acceptors (Lipinski definition) is 0. The van der Waals surface area contributed by atoms with Gasteiger partial charge in [0.1, 0.15) is 18.9 Å². The smallest absolute Gasteiger partial charge is 0.234 e. The van der Waals surface area contributed by atoms with Crippen LogP contribution in [-0.2, 0) is 19.5 Å². The lowest BCUT2D eigenvalue weighted by Crippen LogP contribution is -2.37. The fourth-order valence-corrected chi connectivity index (χ4v) is 3.33. The van der Waals surface area contributed by atoms with Crippen LogP contribution in [0.2, 0.25) is 0 Å². The van der Waals surface area contributed by atoms with Crippen molar-refractivity contribution < 1.29 is 4.57 Å². The van der Waals surface area contributed by atoms with Crippen LogP contribution < -0.4 is 4.57 Å². The van der Waals surface area contributed by atoms with Crippen LogP contribution in [0.15, 0.2) is 42.7 Å². The summed E-state index contributed by atoms with van der Waals surface area (Å²) >= 11 is 0. The first-order chi connectivity index (χ1) is 11.8. The van der Waals surface area contributed by atoms with Gasteiger partial charge in [-0.05, 0) is 24.8 Å². The zero-order chi connectivity index (χ0) is 17.0. The Bertz CT molecular complexity index is 557. The maximum Gasteiger partial charge on any atom is 0.256 e. The molecule has 0 N–H and O–H groups in total. The monoisotopic (exact) mass is 327 g/mol. The van der Waals surface area contributed by atoms with Gasteiger partial charge in [-0.25, -0.2) is 9.13 Å². The molecule has 0 bridgehead atoms. The van der Waals surface area contributed by atoms with Gasteiger partial charge in [-0.1, -0.05) is 76.3 Å². The Morgan fingerprint density at radius 1 is 0.833 bits per heavy atom. The van der Waals surface area contributed by atoms with Crippen molar-refractivity contribution in [3.63, 3.8) is 0 Å². The van der Waals surface area contributed by atoms with E-state index in [1.807, 2.05) is 0 Å². The van der Waals surface area contributed by atoms with E-state index in [0.717, 1.165) is 6.54 Å². The third-order valence-corrected chi connectivity index (χ3v) is 4.79. The molecule has 132 valence electrons. The Morgan fingerprint density at radius 2 is 1.54 bits per heavy atom. The molecule has 0 atom stereocenters. The number of nitrogens with zero attached hydrogens (tertiary/aromatic N) is 2. The predicted molar refractivity (Wildman–Crippen MR) is 102 cm³/mol. The summed E-state index contributed by atoms with van der Waals surface area (Å²) < 4.78 is 4.96. The lowest BCUT2D eigenvalue weighted by molar-refractivity contribution is -0.704. The highest BCUT2D eigenvalue weighted by Gasteiger charge is 2.16. The highest BCUT2D eigenvalue weighted by atomic mass is 15.1. The maximum absolute atomic E-state index is 2.50. The van der Waals surface area contributed by atoms with Crippen LogP contribution in [0.25, 0.3) is 0 Å². The molecule has 0 unspecified atom stereocenters. The first kappa shape index (κ1) is 18.8. The lowest BCUT2D eigenvalue weighted by Gasteiger charge is -2.06. The highest BCUT2D eigenvalue weighted by Crippen LogP contribution is 2.10. The number of aryl methyl sites for hydroxylation is 1. The molecule has 1 aromatic heterocycles. The number of aromatic nitrogens is 2. The van der Waals surface area contributed by atoms with E-state index in [2.05, 4.69) is 65.7 Å². The minimum absolute atomic E-state index is 0.992. The summed E-state index contributed by atoms with van der Waals surface area (Å²) in [6, 6.07) is 10.8. The third kappa shape index (κ3) is 6.14. The molecule has 0 saturated heterocycles. The summed E-state index contributed by atoms with van der Waals surface area (Å²) in [5, 5.41) is 0. The van der Waals surface area contributed by atoms with Crippen molar-refractivity contribution in [1.82, 2.24) is 4.57 Å². The van der Waals surface area contributed by atoms with E-state index in [4.69, 9.17) is 0 Å². The molecule has 2 aromatic rings. The first-order valence-electron chi connectivity index (χ1n) is 9.96. The lowest BCUT2D eigenvalue weighted by atomic mass is 10.1. The molecular formula is C22H35N2+. The van der Waals surface area contributed by atoms with Gasteiger partial charge in [-0.15, -0.1) is 0 Å². The van der Waals surface area contributed by atoms with Crippen LogP contribution in [-0.4, -0.2) is 4.57 Å². The van der Waals surface area contributed by atoms with Gasteiger partial charge < -0.3 is 0 Å². The van der Waals surface area contributed by atoms with Gasteiger partial charge in [-0.2, -0.15) is 0 Å². The molecule has 0 saturated carbocycles. The van der Waals surface area contributed by atoms with E-state index in [1.165, 1.54) is 75.7 Å². The van der Waals surface area contributed by atoms with Crippen LogP contribution in [0.1, 0.15) is 76.6 Å². The topological polar surface area (TPSA) is 8.81 Å². The molecular weight excluding hydrogens is 292 g/mol. The molecule has 1 aromatic carbocycles. The molecule has 0 fully saturated rings. The van der Waals surface area contributed by atoms with Crippen molar-refractivity contribution in [2.45, 2.75) is 84.7 Å². The van der Waals surface area contributed by atoms with E-state index >= 15 is 0 Å². The van der Waals surface area contributed by atoms with Crippen molar-refractivity contribution in [2.75, 3.05) is 0 Å². The Balaban J connectivity index is 2.01. The van der Waals surface area contributed by atoms with E-state index in [9.17, 15) is 0 Å². The van der Waals surface area contributed by atoms with Gasteiger partial charge in [0, 0.05) is 6.42 Å². The number of imidazole rings is 1. The second-order valence-corrected chi connectivity index (χ2v) is 6.89. The number of unbranched alkanes of at least 4 members (excludes halogenated alkanes) is 6. The van der Waals surface area contributed by atoms with Gasteiger partial charge in [-0.3, -0.25) is 0 Å². The van der Waals surface area contributed by atoms with E-state index in [-0.39, 0.29) is 0 Å². The van der Waals surface area contributed by atoms with Crippen LogP contribution >= 0.6 is 0 Å². The Morgan fingerprint density at radius 3 is 2.29 bits per heavy atom. The SMILES string of the molecule is CCCCCCCc1n(Cc2ccccc2)cc[n+]1CCCCC. The van der Waals surface area contributed by atoms with Crippen LogP contribution in [0.5, 0.6) is 0 Å². The van der Waals surface area contributed by atoms with Crippen LogP contribution in [0.3, 0.4) is 0 Å². The highest BCUT2D eigenvalue weighted by molar-refractivity contribution is 5.15. The number of benzene rings is 1. The number of rotatable bonds is 12. The van der Waals surface area contributed by atoms with Gasteiger partial charge in [0.05, 0.1) is 6.54 Å². The van der Waals surface area contributed by atoms with E-state index < -0.39 is 0 Å². The van der Waals surface area contributed by atoms with Gasteiger partial charge in [0.25, 0.3) is 5.82 Å². The molecule has 2 rings (SSSR count). The normalized spacial score (nSPS) is 11.1. The molecule has 0 amide bonds.